The Morgan fingerprint density at radius 2 is 1.44 bits per heavy atom. The standard InChI is InChI=1S/C16H28N.CHF3O3S/c1-3-5-7-8-9-13-17-14-11-16(12-15-17)10-6-4-2;2-1(3,4)8(5,6)7/h11-12,14-15H,3-10,13H2,1-2H3;(H,5,6,7)/q+1;/p-1. The molecule has 1 heterocycles. The van der Waals surface area contributed by atoms with Gasteiger partial charge in [0.05, 0.1) is 0 Å². The Kier molecular flexibility index (Phi) is 11.7. The van der Waals surface area contributed by atoms with E-state index in [0.717, 1.165) is 0 Å². The van der Waals surface area contributed by atoms with Crippen LogP contribution in [0.3, 0.4) is 0 Å². The molecule has 0 unspecified atom stereocenters. The van der Waals surface area contributed by atoms with Crippen molar-refractivity contribution in [2.24, 2.45) is 0 Å². The lowest BCUT2D eigenvalue weighted by Gasteiger charge is -2.08. The normalized spacial score (nSPS) is 11.8. The molecule has 25 heavy (non-hydrogen) atoms. The molecule has 8 heteroatoms. The first kappa shape index (κ1) is 23.9. The smallest absolute Gasteiger partial charge is 0.485 e. The Morgan fingerprint density at radius 3 is 1.88 bits per heavy atom. The van der Waals surface area contributed by atoms with Crippen LogP contribution in [0.2, 0.25) is 0 Å². The number of hydrogen-bond acceptors (Lipinski definition) is 3. The van der Waals surface area contributed by atoms with Gasteiger partial charge in [0.1, 0.15) is 6.54 Å². The summed E-state index contributed by atoms with van der Waals surface area (Å²) in [4.78, 5) is 0. The molecule has 0 saturated heterocycles. The van der Waals surface area contributed by atoms with Crippen LogP contribution in [-0.4, -0.2) is 18.5 Å². The summed E-state index contributed by atoms with van der Waals surface area (Å²) in [5, 5.41) is 0. The van der Waals surface area contributed by atoms with Crippen LogP contribution >= 0.6 is 0 Å². The molecular weight excluding hydrogens is 355 g/mol. The van der Waals surface area contributed by atoms with Crippen LogP contribution in [0.1, 0.15) is 64.4 Å². The molecule has 0 radical (unpaired) electrons. The van der Waals surface area contributed by atoms with E-state index in [9.17, 15) is 13.2 Å². The zero-order valence-corrected chi connectivity index (χ0v) is 15.7. The molecule has 1 aromatic rings. The number of unbranched alkanes of at least 4 members (excludes halogenated alkanes) is 5. The molecule has 0 aliphatic carbocycles. The fraction of sp³-hybridized carbons (Fsp3) is 0.706. The molecule has 0 spiro atoms. The van der Waals surface area contributed by atoms with Crippen molar-refractivity contribution in [3.05, 3.63) is 30.1 Å². The highest BCUT2D eigenvalue weighted by Crippen LogP contribution is 2.20. The van der Waals surface area contributed by atoms with Crippen LogP contribution in [0.5, 0.6) is 0 Å². The third-order valence-corrected chi connectivity index (χ3v) is 4.15. The maximum Gasteiger partial charge on any atom is 0.485 e. The molecule has 0 N–H and O–H groups in total. The minimum absolute atomic E-state index is 1.18. The number of aromatic nitrogens is 1. The van der Waals surface area contributed by atoms with Gasteiger partial charge in [0.15, 0.2) is 22.5 Å². The molecule has 0 aliphatic heterocycles. The summed E-state index contributed by atoms with van der Waals surface area (Å²) < 4.78 is 61.2. The van der Waals surface area contributed by atoms with E-state index in [-0.39, 0.29) is 0 Å². The highest BCUT2D eigenvalue weighted by atomic mass is 32.2. The second-order valence-corrected chi connectivity index (χ2v) is 7.23. The van der Waals surface area contributed by atoms with Crippen molar-refractivity contribution < 1.29 is 30.7 Å². The van der Waals surface area contributed by atoms with Crippen LogP contribution in [0.25, 0.3) is 0 Å². The molecule has 146 valence electrons. The Hall–Kier alpha value is -1.15. The first-order valence-electron chi connectivity index (χ1n) is 8.62. The van der Waals surface area contributed by atoms with Gasteiger partial charge in [-0.3, -0.25) is 0 Å². The summed E-state index contributed by atoms with van der Waals surface area (Å²) in [5.41, 5.74) is -4.17. The summed E-state index contributed by atoms with van der Waals surface area (Å²) in [6, 6.07) is 4.56. The van der Waals surface area contributed by atoms with Crippen LogP contribution < -0.4 is 4.57 Å². The average Bonchev–Trinajstić information content (AvgIpc) is 2.52. The zero-order chi connectivity index (χ0) is 19.3. The Balaban J connectivity index is 0.000000609. The predicted octanol–water partition coefficient (Wildman–Crippen LogP) is 4.34. The van der Waals surface area contributed by atoms with Crippen LogP contribution in [0.15, 0.2) is 24.5 Å². The summed E-state index contributed by atoms with van der Waals surface area (Å²) in [6.45, 7) is 5.70. The number of rotatable bonds is 9. The first-order chi connectivity index (χ1) is 11.6. The molecular formula is C17H28F3NO3S. The number of nitrogens with zero attached hydrogens (tertiary/aromatic N) is 1. The van der Waals surface area contributed by atoms with Gasteiger partial charge in [0, 0.05) is 18.6 Å². The fourth-order valence-electron chi connectivity index (χ4n) is 2.08. The first-order valence-corrected chi connectivity index (χ1v) is 10.0. The van der Waals surface area contributed by atoms with Crippen molar-refractivity contribution in [1.29, 1.82) is 0 Å². The van der Waals surface area contributed by atoms with Crippen molar-refractivity contribution >= 4 is 10.1 Å². The van der Waals surface area contributed by atoms with Crippen LogP contribution in [0, 0.1) is 0 Å². The van der Waals surface area contributed by atoms with Crippen molar-refractivity contribution in [3.8, 4) is 0 Å². The maximum atomic E-state index is 10.7. The summed E-state index contributed by atoms with van der Waals surface area (Å²) in [5.74, 6) is 0. The lowest BCUT2D eigenvalue weighted by Crippen LogP contribution is -2.32. The van der Waals surface area contributed by atoms with Crippen LogP contribution in [-0.2, 0) is 23.1 Å². The minimum Gasteiger partial charge on any atom is -0.741 e. The third kappa shape index (κ3) is 11.9. The van der Waals surface area contributed by atoms with E-state index >= 15 is 0 Å². The number of hydrogen-bond donors (Lipinski definition) is 0. The number of aryl methyl sites for hydroxylation is 2. The minimum atomic E-state index is -6.09. The fourth-order valence-corrected chi connectivity index (χ4v) is 2.08. The SMILES string of the molecule is CCCCCCC[n+]1ccc(CCCC)cc1.O=S(=O)([O-])C(F)(F)F. The molecule has 1 rings (SSSR count). The van der Waals surface area contributed by atoms with Gasteiger partial charge < -0.3 is 4.55 Å². The maximum absolute atomic E-state index is 10.7. The van der Waals surface area contributed by atoms with E-state index in [1.807, 2.05) is 0 Å². The molecule has 0 fully saturated rings. The predicted molar refractivity (Wildman–Crippen MR) is 89.8 cm³/mol. The molecule has 0 aliphatic rings. The quantitative estimate of drug-likeness (QED) is 0.276. The van der Waals surface area contributed by atoms with E-state index in [4.69, 9.17) is 13.0 Å². The molecule has 4 nitrogen and oxygen atoms in total. The lowest BCUT2D eigenvalue weighted by molar-refractivity contribution is -0.697. The van der Waals surface area contributed by atoms with E-state index in [1.54, 1.807) is 0 Å². The van der Waals surface area contributed by atoms with Crippen LogP contribution in [0.4, 0.5) is 13.2 Å². The summed E-state index contributed by atoms with van der Waals surface area (Å²) >= 11 is 0. The average molecular weight is 383 g/mol. The van der Waals surface area contributed by atoms with Crippen molar-refractivity contribution in [2.75, 3.05) is 0 Å². The van der Waals surface area contributed by atoms with E-state index in [1.165, 1.54) is 63.5 Å². The van der Waals surface area contributed by atoms with Gasteiger partial charge in [-0.05, 0) is 24.8 Å². The van der Waals surface area contributed by atoms with Gasteiger partial charge in [-0.2, -0.15) is 13.2 Å². The molecule has 1 aromatic heterocycles. The summed E-state index contributed by atoms with van der Waals surface area (Å²) in [7, 11) is -6.09. The van der Waals surface area contributed by atoms with Gasteiger partial charge in [-0.1, -0.05) is 39.5 Å². The highest BCUT2D eigenvalue weighted by molar-refractivity contribution is 7.86. The Labute approximate surface area is 148 Å². The number of halogens is 3. The summed E-state index contributed by atoms with van der Waals surface area (Å²) in [6.07, 6.45) is 15.1. The number of alkyl halides is 3. The van der Waals surface area contributed by atoms with Gasteiger partial charge in [0.25, 0.3) is 0 Å². The van der Waals surface area contributed by atoms with E-state index in [0.29, 0.717) is 0 Å². The van der Waals surface area contributed by atoms with Gasteiger partial charge in [-0.25, -0.2) is 13.0 Å². The zero-order valence-electron chi connectivity index (χ0n) is 14.9. The molecule has 0 amide bonds. The Bertz CT molecular complexity index is 557. The van der Waals surface area contributed by atoms with Gasteiger partial charge in [0.2, 0.25) is 0 Å². The van der Waals surface area contributed by atoms with E-state index in [2.05, 4.69) is 42.9 Å². The third-order valence-electron chi connectivity index (χ3n) is 3.58. The Morgan fingerprint density at radius 1 is 0.960 bits per heavy atom. The number of pyridine rings is 1. The second kappa shape index (κ2) is 12.2. The highest BCUT2D eigenvalue weighted by Gasteiger charge is 2.36. The van der Waals surface area contributed by atoms with Crippen molar-refractivity contribution in [2.45, 2.75) is 77.3 Å². The monoisotopic (exact) mass is 383 g/mol. The molecule has 0 saturated carbocycles. The van der Waals surface area contributed by atoms with E-state index < -0.39 is 15.6 Å². The molecule has 0 bridgehead atoms. The topological polar surface area (TPSA) is 61.1 Å². The van der Waals surface area contributed by atoms with Gasteiger partial charge in [-0.15, -0.1) is 0 Å². The van der Waals surface area contributed by atoms with Crippen molar-refractivity contribution in [3.63, 3.8) is 0 Å². The lowest BCUT2D eigenvalue weighted by atomic mass is 10.1. The van der Waals surface area contributed by atoms with Crippen molar-refractivity contribution in [1.82, 2.24) is 0 Å². The largest absolute Gasteiger partial charge is 0.741 e. The molecule has 0 atom stereocenters. The van der Waals surface area contributed by atoms with Gasteiger partial charge >= 0.3 is 5.51 Å². The molecule has 0 aromatic carbocycles. The second-order valence-electron chi connectivity index (χ2n) is 5.86.